The number of likely N-dealkylation sites (tertiary alicyclic amines) is 1. The molecule has 0 atom stereocenters. The molecule has 0 N–H and O–H groups in total. The van der Waals surface area contributed by atoms with Gasteiger partial charge in [0.15, 0.2) is 5.78 Å². The molecule has 4 nitrogen and oxygen atoms in total. The van der Waals surface area contributed by atoms with Gasteiger partial charge in [-0.2, -0.15) is 0 Å². The SMILES string of the molecule is COc1ccccc1CN1CCC(CC(=O)COc2ccc(C)cc2)CC1. The Morgan fingerprint density at radius 2 is 1.78 bits per heavy atom. The predicted molar refractivity (Wildman–Crippen MR) is 107 cm³/mol. The van der Waals surface area contributed by atoms with Crippen LogP contribution in [0.3, 0.4) is 0 Å². The molecule has 3 rings (SSSR count). The van der Waals surface area contributed by atoms with E-state index in [0.717, 1.165) is 44.0 Å². The lowest BCUT2D eigenvalue weighted by Gasteiger charge is -2.32. The van der Waals surface area contributed by atoms with Crippen molar-refractivity contribution in [1.29, 1.82) is 0 Å². The fourth-order valence-corrected chi connectivity index (χ4v) is 3.60. The van der Waals surface area contributed by atoms with Gasteiger partial charge in [-0.1, -0.05) is 35.9 Å². The van der Waals surface area contributed by atoms with E-state index >= 15 is 0 Å². The normalized spacial score (nSPS) is 15.5. The predicted octanol–water partition coefficient (Wildman–Crippen LogP) is 4.25. The second-order valence-corrected chi connectivity index (χ2v) is 7.38. The Morgan fingerprint density at radius 1 is 1.07 bits per heavy atom. The third-order valence-electron chi connectivity index (χ3n) is 5.23. The van der Waals surface area contributed by atoms with Crippen LogP contribution >= 0.6 is 0 Å². The van der Waals surface area contributed by atoms with Gasteiger partial charge in [0.2, 0.25) is 0 Å². The van der Waals surface area contributed by atoms with Crippen LogP contribution in [-0.4, -0.2) is 37.5 Å². The highest BCUT2D eigenvalue weighted by atomic mass is 16.5. The van der Waals surface area contributed by atoms with Crippen molar-refractivity contribution in [2.45, 2.75) is 32.7 Å². The molecule has 0 aliphatic carbocycles. The van der Waals surface area contributed by atoms with E-state index in [9.17, 15) is 4.79 Å². The van der Waals surface area contributed by atoms with E-state index in [2.05, 4.69) is 17.0 Å². The maximum atomic E-state index is 12.3. The number of hydrogen-bond donors (Lipinski definition) is 0. The van der Waals surface area contributed by atoms with Crippen molar-refractivity contribution in [2.75, 3.05) is 26.8 Å². The summed E-state index contributed by atoms with van der Waals surface area (Å²) in [5.41, 5.74) is 2.41. The number of hydrogen-bond acceptors (Lipinski definition) is 4. The average Bonchev–Trinajstić information content (AvgIpc) is 2.69. The molecule has 27 heavy (non-hydrogen) atoms. The van der Waals surface area contributed by atoms with Crippen LogP contribution in [-0.2, 0) is 11.3 Å². The summed E-state index contributed by atoms with van der Waals surface area (Å²) in [6, 6.07) is 16.0. The molecule has 144 valence electrons. The summed E-state index contributed by atoms with van der Waals surface area (Å²) in [6.45, 7) is 5.16. The number of para-hydroxylation sites is 1. The maximum absolute atomic E-state index is 12.3. The van der Waals surface area contributed by atoms with E-state index in [-0.39, 0.29) is 12.4 Å². The Kier molecular flexibility index (Phi) is 6.88. The van der Waals surface area contributed by atoms with Gasteiger partial charge in [-0.05, 0) is 57.0 Å². The molecule has 1 aliphatic rings. The van der Waals surface area contributed by atoms with E-state index < -0.39 is 0 Å². The first-order valence-electron chi connectivity index (χ1n) is 9.69. The van der Waals surface area contributed by atoms with Gasteiger partial charge in [0.1, 0.15) is 18.1 Å². The lowest BCUT2D eigenvalue weighted by atomic mass is 9.91. The Labute approximate surface area is 162 Å². The topological polar surface area (TPSA) is 38.8 Å². The van der Waals surface area contributed by atoms with Gasteiger partial charge in [-0.25, -0.2) is 0 Å². The smallest absolute Gasteiger partial charge is 0.170 e. The quantitative estimate of drug-likeness (QED) is 0.699. The number of carbonyl (C=O) groups excluding carboxylic acids is 1. The molecule has 1 fully saturated rings. The van der Waals surface area contributed by atoms with E-state index in [1.165, 1.54) is 11.1 Å². The summed E-state index contributed by atoms with van der Waals surface area (Å²) in [5.74, 6) is 2.37. The summed E-state index contributed by atoms with van der Waals surface area (Å²) >= 11 is 0. The summed E-state index contributed by atoms with van der Waals surface area (Å²) in [6.07, 6.45) is 2.74. The Bertz CT molecular complexity index is 734. The van der Waals surface area contributed by atoms with Crippen LogP contribution in [0, 0.1) is 12.8 Å². The minimum absolute atomic E-state index is 0.171. The van der Waals surface area contributed by atoms with Crippen molar-refractivity contribution in [3.63, 3.8) is 0 Å². The molecule has 0 saturated carbocycles. The fourth-order valence-electron chi connectivity index (χ4n) is 3.60. The molecule has 0 radical (unpaired) electrons. The highest BCUT2D eigenvalue weighted by Crippen LogP contribution is 2.25. The van der Waals surface area contributed by atoms with E-state index in [1.807, 2.05) is 43.3 Å². The van der Waals surface area contributed by atoms with Crippen molar-refractivity contribution in [1.82, 2.24) is 4.90 Å². The fraction of sp³-hybridized carbons (Fsp3) is 0.435. The molecule has 0 amide bonds. The molecule has 0 spiro atoms. The Hall–Kier alpha value is -2.33. The van der Waals surface area contributed by atoms with Gasteiger partial charge in [-0.3, -0.25) is 9.69 Å². The van der Waals surface area contributed by atoms with Crippen LogP contribution in [0.25, 0.3) is 0 Å². The van der Waals surface area contributed by atoms with E-state index in [1.54, 1.807) is 7.11 Å². The minimum Gasteiger partial charge on any atom is -0.496 e. The maximum Gasteiger partial charge on any atom is 0.170 e. The number of carbonyl (C=O) groups is 1. The standard InChI is InChI=1S/C23H29NO3/c1-18-7-9-22(10-8-18)27-17-21(25)15-19-11-13-24(14-12-19)16-20-5-3-4-6-23(20)26-2/h3-10,19H,11-17H2,1-2H3. The number of nitrogens with zero attached hydrogens (tertiary/aromatic N) is 1. The van der Waals surface area contributed by atoms with Gasteiger partial charge in [0, 0.05) is 18.5 Å². The first-order chi connectivity index (χ1) is 13.1. The van der Waals surface area contributed by atoms with Crippen molar-refractivity contribution >= 4 is 5.78 Å². The zero-order valence-electron chi connectivity index (χ0n) is 16.3. The number of piperidine rings is 1. The number of benzene rings is 2. The molecule has 2 aromatic rings. The van der Waals surface area contributed by atoms with Gasteiger partial charge in [-0.15, -0.1) is 0 Å². The van der Waals surface area contributed by atoms with Crippen LogP contribution < -0.4 is 9.47 Å². The third kappa shape index (κ3) is 5.83. The van der Waals surface area contributed by atoms with Gasteiger partial charge in [0.05, 0.1) is 7.11 Å². The molecular weight excluding hydrogens is 338 g/mol. The van der Waals surface area contributed by atoms with Gasteiger partial charge < -0.3 is 9.47 Å². The lowest BCUT2D eigenvalue weighted by molar-refractivity contribution is -0.122. The number of ketones is 1. The first kappa shape index (κ1) is 19.4. The average molecular weight is 367 g/mol. The second-order valence-electron chi connectivity index (χ2n) is 7.38. The monoisotopic (exact) mass is 367 g/mol. The molecule has 0 bridgehead atoms. The van der Waals surface area contributed by atoms with E-state index in [4.69, 9.17) is 9.47 Å². The molecule has 0 aromatic heterocycles. The lowest BCUT2D eigenvalue weighted by Crippen LogP contribution is -2.34. The Morgan fingerprint density at radius 3 is 2.48 bits per heavy atom. The van der Waals surface area contributed by atoms with Crippen molar-refractivity contribution in [2.24, 2.45) is 5.92 Å². The van der Waals surface area contributed by atoms with Crippen molar-refractivity contribution in [3.8, 4) is 11.5 Å². The first-order valence-corrected chi connectivity index (χ1v) is 9.69. The minimum atomic E-state index is 0.171. The summed E-state index contributed by atoms with van der Waals surface area (Å²) < 4.78 is 11.1. The number of aryl methyl sites for hydroxylation is 1. The zero-order chi connectivity index (χ0) is 19.1. The van der Waals surface area contributed by atoms with Crippen LogP contribution in [0.15, 0.2) is 48.5 Å². The number of Topliss-reactive ketones (excluding diaryl/α,β-unsaturated/α-hetero) is 1. The zero-order valence-corrected chi connectivity index (χ0v) is 16.3. The van der Waals surface area contributed by atoms with Crippen LogP contribution in [0.1, 0.15) is 30.4 Å². The number of rotatable bonds is 8. The molecule has 1 saturated heterocycles. The highest BCUT2D eigenvalue weighted by molar-refractivity contribution is 5.80. The molecule has 1 aliphatic heterocycles. The summed E-state index contributed by atoms with van der Waals surface area (Å²) in [4.78, 5) is 14.7. The largest absolute Gasteiger partial charge is 0.496 e. The molecule has 2 aromatic carbocycles. The number of ether oxygens (including phenoxy) is 2. The molecule has 1 heterocycles. The molecule has 4 heteroatoms. The van der Waals surface area contributed by atoms with Gasteiger partial charge in [0.25, 0.3) is 0 Å². The van der Waals surface area contributed by atoms with Crippen molar-refractivity contribution in [3.05, 3.63) is 59.7 Å². The molecule has 0 unspecified atom stereocenters. The summed E-state index contributed by atoms with van der Waals surface area (Å²) in [7, 11) is 1.72. The summed E-state index contributed by atoms with van der Waals surface area (Å²) in [5, 5.41) is 0. The third-order valence-corrected chi connectivity index (χ3v) is 5.23. The van der Waals surface area contributed by atoms with Crippen LogP contribution in [0.2, 0.25) is 0 Å². The highest BCUT2D eigenvalue weighted by Gasteiger charge is 2.22. The Balaban J connectivity index is 1.40. The van der Waals surface area contributed by atoms with Gasteiger partial charge >= 0.3 is 0 Å². The molecular formula is C23H29NO3. The number of methoxy groups -OCH3 is 1. The van der Waals surface area contributed by atoms with E-state index in [0.29, 0.717) is 12.3 Å². The second kappa shape index (κ2) is 9.56. The van der Waals surface area contributed by atoms with Crippen molar-refractivity contribution < 1.29 is 14.3 Å². The van der Waals surface area contributed by atoms with Crippen LogP contribution in [0.4, 0.5) is 0 Å². The van der Waals surface area contributed by atoms with Crippen LogP contribution in [0.5, 0.6) is 11.5 Å².